The van der Waals surface area contributed by atoms with Crippen LogP contribution in [0.25, 0.3) is 0 Å². The van der Waals surface area contributed by atoms with Crippen molar-refractivity contribution in [3.63, 3.8) is 0 Å². The molecule has 5 heteroatoms. The molecule has 0 unspecified atom stereocenters. The van der Waals surface area contributed by atoms with E-state index in [0.717, 1.165) is 12.8 Å². The summed E-state index contributed by atoms with van der Waals surface area (Å²) in [5.74, 6) is 0. The summed E-state index contributed by atoms with van der Waals surface area (Å²) in [6.45, 7) is 3.38. The highest BCUT2D eigenvalue weighted by atomic mass is 32.1. The fraction of sp³-hybridized carbons (Fsp3) is 0.778. The summed E-state index contributed by atoms with van der Waals surface area (Å²) in [7, 11) is 1.39. The van der Waals surface area contributed by atoms with E-state index in [1.807, 2.05) is 6.92 Å². The number of piperidine rings is 1. The lowest BCUT2D eigenvalue weighted by atomic mass is 9.80. The van der Waals surface area contributed by atoms with Crippen molar-refractivity contribution in [2.45, 2.75) is 19.8 Å². The van der Waals surface area contributed by atoms with Crippen LogP contribution >= 0.6 is 12.2 Å². The van der Waals surface area contributed by atoms with E-state index in [4.69, 9.17) is 18.0 Å². The molecule has 14 heavy (non-hydrogen) atoms. The molecule has 2 N–H and O–H groups in total. The highest BCUT2D eigenvalue weighted by Gasteiger charge is 2.34. The smallest absolute Gasteiger partial charge is 0.409 e. The fourth-order valence-electron chi connectivity index (χ4n) is 1.56. The Balaban J connectivity index is 2.54. The van der Waals surface area contributed by atoms with E-state index in [1.165, 1.54) is 7.11 Å². The molecule has 1 amide bonds. The molecule has 0 radical (unpaired) electrons. The standard InChI is InChI=1S/C9H16N2O2S/c1-9(7(10)14)3-5-11(6-4-9)8(12)13-2/h3-6H2,1-2H3,(H2,10,14). The van der Waals surface area contributed by atoms with Gasteiger partial charge in [-0.3, -0.25) is 0 Å². The van der Waals surface area contributed by atoms with Gasteiger partial charge < -0.3 is 15.4 Å². The first-order valence-electron chi connectivity index (χ1n) is 4.62. The highest BCUT2D eigenvalue weighted by molar-refractivity contribution is 7.80. The number of amides is 1. The van der Waals surface area contributed by atoms with Crippen molar-refractivity contribution in [3.8, 4) is 0 Å². The number of hydrogen-bond acceptors (Lipinski definition) is 3. The van der Waals surface area contributed by atoms with E-state index in [0.29, 0.717) is 18.1 Å². The summed E-state index contributed by atoms with van der Waals surface area (Å²) in [5.41, 5.74) is 5.55. The van der Waals surface area contributed by atoms with Gasteiger partial charge in [-0.25, -0.2) is 4.79 Å². The molecule has 0 atom stereocenters. The molecule has 1 rings (SSSR count). The number of rotatable bonds is 1. The molecule has 1 aliphatic rings. The van der Waals surface area contributed by atoms with Crippen molar-refractivity contribution in [3.05, 3.63) is 0 Å². The molecule has 1 fully saturated rings. The van der Waals surface area contributed by atoms with Gasteiger partial charge in [-0.05, 0) is 12.8 Å². The van der Waals surface area contributed by atoms with Crippen LogP contribution in [0.15, 0.2) is 0 Å². The SMILES string of the molecule is COC(=O)N1CCC(C)(C(N)=S)CC1. The van der Waals surface area contributed by atoms with Crippen LogP contribution in [-0.2, 0) is 4.74 Å². The topological polar surface area (TPSA) is 55.6 Å². The van der Waals surface area contributed by atoms with Crippen molar-refractivity contribution in [1.82, 2.24) is 4.90 Å². The summed E-state index contributed by atoms with van der Waals surface area (Å²) < 4.78 is 4.64. The molecule has 1 saturated heterocycles. The molecule has 0 saturated carbocycles. The zero-order chi connectivity index (χ0) is 10.8. The van der Waals surface area contributed by atoms with Crippen molar-refractivity contribution < 1.29 is 9.53 Å². The maximum atomic E-state index is 11.2. The lowest BCUT2D eigenvalue weighted by Gasteiger charge is -2.37. The van der Waals surface area contributed by atoms with Gasteiger partial charge in [0.25, 0.3) is 0 Å². The number of carbonyl (C=O) groups is 1. The van der Waals surface area contributed by atoms with Gasteiger partial charge in [0.15, 0.2) is 0 Å². The summed E-state index contributed by atoms with van der Waals surface area (Å²) in [5, 5.41) is 0. The normalized spacial score (nSPS) is 20.3. The molecule has 0 aromatic rings. The second kappa shape index (κ2) is 4.13. The van der Waals surface area contributed by atoms with E-state index >= 15 is 0 Å². The van der Waals surface area contributed by atoms with E-state index in [9.17, 15) is 4.79 Å². The van der Waals surface area contributed by atoms with Gasteiger partial charge in [0.1, 0.15) is 0 Å². The molecule has 4 nitrogen and oxygen atoms in total. The number of carbonyl (C=O) groups excluding carboxylic acids is 1. The zero-order valence-electron chi connectivity index (χ0n) is 8.58. The van der Waals surface area contributed by atoms with Crippen molar-refractivity contribution >= 4 is 23.3 Å². The van der Waals surface area contributed by atoms with Gasteiger partial charge in [0, 0.05) is 18.5 Å². The minimum Gasteiger partial charge on any atom is -0.453 e. The van der Waals surface area contributed by atoms with Gasteiger partial charge in [-0.2, -0.15) is 0 Å². The first-order valence-corrected chi connectivity index (χ1v) is 5.03. The Morgan fingerprint density at radius 1 is 1.50 bits per heavy atom. The Bertz CT molecular complexity index is 247. The predicted molar refractivity (Wildman–Crippen MR) is 58.1 cm³/mol. The van der Waals surface area contributed by atoms with Gasteiger partial charge in [0.2, 0.25) is 0 Å². The average molecular weight is 216 g/mol. The molecule has 0 bridgehead atoms. The van der Waals surface area contributed by atoms with Gasteiger partial charge >= 0.3 is 6.09 Å². The molecule has 80 valence electrons. The minimum atomic E-state index is -0.269. The zero-order valence-corrected chi connectivity index (χ0v) is 9.39. The van der Waals surface area contributed by atoms with Gasteiger partial charge in [-0.15, -0.1) is 0 Å². The van der Waals surface area contributed by atoms with Crippen LogP contribution in [0.2, 0.25) is 0 Å². The second-order valence-electron chi connectivity index (χ2n) is 3.88. The third kappa shape index (κ3) is 2.15. The number of likely N-dealkylation sites (tertiary alicyclic amines) is 1. The lowest BCUT2D eigenvalue weighted by Crippen LogP contribution is -2.46. The van der Waals surface area contributed by atoms with E-state index < -0.39 is 0 Å². The number of thiocarbonyl (C=S) groups is 1. The summed E-state index contributed by atoms with van der Waals surface area (Å²) >= 11 is 5.00. The number of ether oxygens (including phenoxy) is 1. The second-order valence-corrected chi connectivity index (χ2v) is 4.32. The van der Waals surface area contributed by atoms with Gasteiger partial charge in [-0.1, -0.05) is 19.1 Å². The molecule has 0 spiro atoms. The Hall–Kier alpha value is -0.840. The molecule has 0 aliphatic carbocycles. The maximum absolute atomic E-state index is 11.2. The van der Waals surface area contributed by atoms with Gasteiger partial charge in [0.05, 0.1) is 12.1 Å². The molecule has 0 aromatic carbocycles. The summed E-state index contributed by atoms with van der Waals surface area (Å²) in [4.78, 5) is 13.4. The molecular formula is C9H16N2O2S. The maximum Gasteiger partial charge on any atom is 0.409 e. The third-order valence-corrected chi connectivity index (χ3v) is 3.39. The number of nitrogens with zero attached hydrogens (tertiary/aromatic N) is 1. The highest BCUT2D eigenvalue weighted by Crippen LogP contribution is 2.31. The van der Waals surface area contributed by atoms with E-state index in [-0.39, 0.29) is 11.5 Å². The predicted octanol–water partition coefficient (Wildman–Crippen LogP) is 1.14. The van der Waals surface area contributed by atoms with Crippen LogP contribution < -0.4 is 5.73 Å². The van der Waals surface area contributed by atoms with Crippen LogP contribution in [0, 0.1) is 5.41 Å². The molecule has 1 heterocycles. The van der Waals surface area contributed by atoms with Crippen molar-refractivity contribution in [2.24, 2.45) is 11.1 Å². The molecule has 0 aromatic heterocycles. The number of methoxy groups -OCH3 is 1. The van der Waals surface area contributed by atoms with Crippen molar-refractivity contribution in [1.29, 1.82) is 0 Å². The van der Waals surface area contributed by atoms with Crippen LogP contribution in [-0.4, -0.2) is 36.2 Å². The Labute approximate surface area is 89.4 Å². The minimum absolute atomic E-state index is 0.0974. The monoisotopic (exact) mass is 216 g/mol. The fourth-order valence-corrected chi connectivity index (χ4v) is 1.76. The lowest BCUT2D eigenvalue weighted by molar-refractivity contribution is 0.100. The van der Waals surface area contributed by atoms with E-state index in [2.05, 4.69) is 4.74 Å². The first kappa shape index (κ1) is 11.2. The Kier molecular flexibility index (Phi) is 3.31. The summed E-state index contributed by atoms with van der Waals surface area (Å²) in [6, 6.07) is 0. The molecular weight excluding hydrogens is 200 g/mol. The van der Waals surface area contributed by atoms with Crippen LogP contribution in [0.4, 0.5) is 4.79 Å². The van der Waals surface area contributed by atoms with Crippen LogP contribution in [0.3, 0.4) is 0 Å². The summed E-state index contributed by atoms with van der Waals surface area (Å²) in [6.07, 6.45) is 1.37. The quantitative estimate of drug-likeness (QED) is 0.668. The number of hydrogen-bond donors (Lipinski definition) is 1. The first-order chi connectivity index (χ1) is 6.49. The Morgan fingerprint density at radius 3 is 2.36 bits per heavy atom. The average Bonchev–Trinajstić information content (AvgIpc) is 2.17. The molecule has 1 aliphatic heterocycles. The van der Waals surface area contributed by atoms with Crippen LogP contribution in [0.5, 0.6) is 0 Å². The third-order valence-electron chi connectivity index (χ3n) is 2.89. The largest absolute Gasteiger partial charge is 0.453 e. The van der Waals surface area contributed by atoms with Crippen LogP contribution in [0.1, 0.15) is 19.8 Å². The Morgan fingerprint density at radius 2 is 2.00 bits per heavy atom. The van der Waals surface area contributed by atoms with E-state index in [1.54, 1.807) is 4.90 Å². The number of nitrogens with two attached hydrogens (primary N) is 1. The van der Waals surface area contributed by atoms with Crippen molar-refractivity contribution in [2.75, 3.05) is 20.2 Å².